The predicted molar refractivity (Wildman–Crippen MR) is 71.5 cm³/mol. The van der Waals surface area contributed by atoms with Gasteiger partial charge in [-0.1, -0.05) is 12.1 Å². The van der Waals surface area contributed by atoms with E-state index in [1.165, 1.54) is 5.56 Å². The minimum Gasteiger partial charge on any atom is -0.330 e. The number of hydrogen-bond acceptors (Lipinski definition) is 2. The molecule has 0 unspecified atom stereocenters. The molecule has 2 aromatic rings. The van der Waals surface area contributed by atoms with Crippen LogP contribution in [0.3, 0.4) is 0 Å². The van der Waals surface area contributed by atoms with Crippen molar-refractivity contribution in [2.24, 2.45) is 5.73 Å². The summed E-state index contributed by atoms with van der Waals surface area (Å²) in [5.74, 6) is 0. The molecular weight excluding hydrogens is 212 g/mol. The van der Waals surface area contributed by atoms with Gasteiger partial charge in [-0.15, -0.1) is 0 Å². The first-order valence-electron chi connectivity index (χ1n) is 5.88. The van der Waals surface area contributed by atoms with Gasteiger partial charge in [0.1, 0.15) is 0 Å². The molecule has 3 N–H and O–H groups in total. The zero-order chi connectivity index (χ0) is 12.6. The number of nitrogens with two attached hydrogens (primary N) is 1. The molecule has 1 aromatic carbocycles. The molecule has 0 amide bonds. The number of aryl methyl sites for hydroxylation is 3. The van der Waals surface area contributed by atoms with Crippen molar-refractivity contribution in [1.29, 1.82) is 0 Å². The lowest BCUT2D eigenvalue weighted by molar-refractivity contribution is 0.937. The van der Waals surface area contributed by atoms with E-state index in [4.69, 9.17) is 5.73 Å². The van der Waals surface area contributed by atoms with Gasteiger partial charge in [-0.25, -0.2) is 0 Å². The van der Waals surface area contributed by atoms with Crippen LogP contribution in [0.25, 0.3) is 10.9 Å². The van der Waals surface area contributed by atoms with Gasteiger partial charge in [-0.3, -0.25) is 4.79 Å². The first-order chi connectivity index (χ1) is 8.06. The topological polar surface area (TPSA) is 58.9 Å². The molecular formula is C14H18N2O. The lowest BCUT2D eigenvalue weighted by atomic mass is 9.98. The standard InChI is InChI=1S/C14H18N2O/c1-8-4-5-11-10(3)12(6-7-15)14(17)16-13(11)9(8)2/h4-5H,6-7,15H2,1-3H3,(H,16,17). The van der Waals surface area contributed by atoms with Gasteiger partial charge >= 0.3 is 0 Å². The molecule has 0 aliphatic rings. The van der Waals surface area contributed by atoms with E-state index in [0.29, 0.717) is 13.0 Å². The molecule has 3 heteroatoms. The van der Waals surface area contributed by atoms with Crippen LogP contribution in [-0.2, 0) is 6.42 Å². The Balaban J connectivity index is 2.86. The second-order valence-corrected chi connectivity index (χ2v) is 4.53. The van der Waals surface area contributed by atoms with Crippen molar-refractivity contribution in [2.75, 3.05) is 6.54 Å². The van der Waals surface area contributed by atoms with Gasteiger partial charge < -0.3 is 10.7 Å². The SMILES string of the molecule is Cc1ccc2c(C)c(CCN)c(=O)[nH]c2c1C. The highest BCUT2D eigenvalue weighted by Crippen LogP contribution is 2.22. The maximum Gasteiger partial charge on any atom is 0.251 e. The molecule has 0 aliphatic carbocycles. The average Bonchev–Trinajstić information content (AvgIpc) is 2.30. The minimum absolute atomic E-state index is 0.00542. The van der Waals surface area contributed by atoms with Crippen molar-refractivity contribution in [1.82, 2.24) is 4.98 Å². The quantitative estimate of drug-likeness (QED) is 0.828. The molecule has 17 heavy (non-hydrogen) atoms. The summed E-state index contributed by atoms with van der Waals surface area (Å²) >= 11 is 0. The normalized spacial score (nSPS) is 11.1. The van der Waals surface area contributed by atoms with E-state index in [-0.39, 0.29) is 5.56 Å². The van der Waals surface area contributed by atoms with E-state index >= 15 is 0 Å². The molecule has 0 fully saturated rings. The van der Waals surface area contributed by atoms with Gasteiger partial charge in [0.05, 0.1) is 5.52 Å². The van der Waals surface area contributed by atoms with Crippen LogP contribution in [0.4, 0.5) is 0 Å². The molecule has 2 rings (SSSR count). The molecule has 90 valence electrons. The summed E-state index contributed by atoms with van der Waals surface area (Å²) in [6.45, 7) is 6.59. The Labute approximate surface area is 101 Å². The number of nitrogens with one attached hydrogen (secondary N) is 1. The Kier molecular flexibility index (Phi) is 3.03. The number of pyridine rings is 1. The van der Waals surface area contributed by atoms with E-state index in [0.717, 1.165) is 27.6 Å². The fourth-order valence-electron chi connectivity index (χ4n) is 2.26. The Hall–Kier alpha value is -1.61. The molecule has 1 heterocycles. The van der Waals surface area contributed by atoms with Crippen LogP contribution < -0.4 is 11.3 Å². The monoisotopic (exact) mass is 230 g/mol. The number of H-pyrrole nitrogens is 1. The third-order valence-corrected chi connectivity index (χ3v) is 3.50. The van der Waals surface area contributed by atoms with E-state index in [1.54, 1.807) is 0 Å². The van der Waals surface area contributed by atoms with Crippen LogP contribution in [0.15, 0.2) is 16.9 Å². The molecule has 0 saturated heterocycles. The summed E-state index contributed by atoms with van der Waals surface area (Å²) in [5.41, 5.74) is 10.7. The first-order valence-corrected chi connectivity index (χ1v) is 5.88. The van der Waals surface area contributed by atoms with Crippen LogP contribution in [0.2, 0.25) is 0 Å². The number of rotatable bonds is 2. The summed E-state index contributed by atoms with van der Waals surface area (Å²) in [5, 5.41) is 1.12. The van der Waals surface area contributed by atoms with E-state index in [2.05, 4.69) is 24.0 Å². The van der Waals surface area contributed by atoms with Gasteiger partial charge in [0.15, 0.2) is 0 Å². The minimum atomic E-state index is -0.00542. The van der Waals surface area contributed by atoms with Gasteiger partial charge in [-0.2, -0.15) is 0 Å². The van der Waals surface area contributed by atoms with Crippen LogP contribution in [-0.4, -0.2) is 11.5 Å². The highest BCUT2D eigenvalue weighted by atomic mass is 16.1. The zero-order valence-electron chi connectivity index (χ0n) is 10.6. The van der Waals surface area contributed by atoms with Gasteiger partial charge in [0.25, 0.3) is 5.56 Å². The second kappa shape index (κ2) is 4.34. The molecule has 0 bridgehead atoms. The predicted octanol–water partition coefficient (Wildman–Crippen LogP) is 1.95. The molecule has 0 aliphatic heterocycles. The maximum absolute atomic E-state index is 12.0. The maximum atomic E-state index is 12.0. The highest BCUT2D eigenvalue weighted by molar-refractivity contribution is 5.86. The van der Waals surface area contributed by atoms with Crippen molar-refractivity contribution in [2.45, 2.75) is 27.2 Å². The third-order valence-electron chi connectivity index (χ3n) is 3.50. The molecule has 1 aromatic heterocycles. The Morgan fingerprint density at radius 1 is 1.18 bits per heavy atom. The van der Waals surface area contributed by atoms with Crippen molar-refractivity contribution in [3.63, 3.8) is 0 Å². The van der Waals surface area contributed by atoms with E-state index in [1.807, 2.05) is 13.8 Å². The van der Waals surface area contributed by atoms with Crippen molar-refractivity contribution >= 4 is 10.9 Å². The van der Waals surface area contributed by atoms with Gasteiger partial charge in [0.2, 0.25) is 0 Å². The van der Waals surface area contributed by atoms with E-state index in [9.17, 15) is 4.79 Å². The van der Waals surface area contributed by atoms with Crippen LogP contribution in [0.1, 0.15) is 22.3 Å². The summed E-state index contributed by atoms with van der Waals surface area (Å²) in [7, 11) is 0. The lowest BCUT2D eigenvalue weighted by Gasteiger charge is -2.11. The smallest absolute Gasteiger partial charge is 0.251 e. The summed E-state index contributed by atoms with van der Waals surface area (Å²) < 4.78 is 0. The largest absolute Gasteiger partial charge is 0.330 e. The van der Waals surface area contributed by atoms with Gasteiger partial charge in [-0.05, 0) is 50.4 Å². The van der Waals surface area contributed by atoms with Crippen molar-refractivity contribution < 1.29 is 0 Å². The van der Waals surface area contributed by atoms with Crippen molar-refractivity contribution in [3.8, 4) is 0 Å². The number of hydrogen-bond donors (Lipinski definition) is 2. The number of benzene rings is 1. The average molecular weight is 230 g/mol. The van der Waals surface area contributed by atoms with Crippen LogP contribution in [0, 0.1) is 20.8 Å². The number of aromatic nitrogens is 1. The van der Waals surface area contributed by atoms with Crippen molar-refractivity contribution in [3.05, 3.63) is 44.7 Å². The summed E-state index contributed by atoms with van der Waals surface area (Å²) in [6, 6.07) is 4.16. The Morgan fingerprint density at radius 3 is 2.53 bits per heavy atom. The molecule has 0 atom stereocenters. The fourth-order valence-corrected chi connectivity index (χ4v) is 2.26. The van der Waals surface area contributed by atoms with Gasteiger partial charge in [0, 0.05) is 10.9 Å². The second-order valence-electron chi connectivity index (χ2n) is 4.53. The third kappa shape index (κ3) is 1.87. The summed E-state index contributed by atoms with van der Waals surface area (Å²) in [6.07, 6.45) is 0.629. The number of fused-ring (bicyclic) bond motifs is 1. The Morgan fingerprint density at radius 2 is 1.88 bits per heavy atom. The van der Waals surface area contributed by atoms with Crippen LogP contribution in [0.5, 0.6) is 0 Å². The summed E-state index contributed by atoms with van der Waals surface area (Å²) in [4.78, 5) is 15.0. The number of aromatic amines is 1. The Bertz CT molecular complexity index is 626. The van der Waals surface area contributed by atoms with Crippen LogP contribution >= 0.6 is 0 Å². The first kappa shape index (κ1) is 11.9. The zero-order valence-corrected chi connectivity index (χ0v) is 10.6. The molecule has 3 nitrogen and oxygen atoms in total. The molecule has 0 spiro atoms. The lowest BCUT2D eigenvalue weighted by Crippen LogP contribution is -2.18. The molecule has 0 radical (unpaired) electrons. The van der Waals surface area contributed by atoms with E-state index < -0.39 is 0 Å². The highest BCUT2D eigenvalue weighted by Gasteiger charge is 2.10. The molecule has 0 saturated carbocycles. The fraction of sp³-hybridized carbons (Fsp3) is 0.357.